The van der Waals surface area contributed by atoms with Crippen molar-refractivity contribution in [2.75, 3.05) is 11.5 Å². The number of nitrogens with one attached hydrogen (secondary N) is 1. The van der Waals surface area contributed by atoms with E-state index in [2.05, 4.69) is 15.5 Å². The molecule has 176 valence electrons. The topological polar surface area (TPSA) is 185 Å². The molecule has 0 unspecified atom stereocenters. The van der Waals surface area contributed by atoms with Gasteiger partial charge in [-0.2, -0.15) is 0 Å². The quantitative estimate of drug-likeness (QED) is 0.226. The van der Waals surface area contributed by atoms with Crippen LogP contribution in [0.4, 0.5) is 5.13 Å². The van der Waals surface area contributed by atoms with Gasteiger partial charge in [0.2, 0.25) is 5.60 Å². The van der Waals surface area contributed by atoms with Gasteiger partial charge < -0.3 is 26.1 Å². The van der Waals surface area contributed by atoms with E-state index in [4.69, 9.17) is 10.6 Å². The molecule has 3 heterocycles. The zero-order chi connectivity index (χ0) is 23.9. The molecule has 33 heavy (non-hydrogen) atoms. The Kier molecular flexibility index (Phi) is 6.05. The lowest BCUT2D eigenvalue weighted by Gasteiger charge is -2.49. The maximum absolute atomic E-state index is 13.1. The first-order chi connectivity index (χ1) is 15.7. The minimum Gasteiger partial charge on any atom is -0.478 e. The number of hydrogen-bond acceptors (Lipinski definition) is 10. The molecule has 0 radical (unpaired) electrons. The van der Waals surface area contributed by atoms with E-state index in [1.165, 1.54) is 22.0 Å². The summed E-state index contributed by atoms with van der Waals surface area (Å²) < 4.78 is 0. The van der Waals surface area contributed by atoms with Crippen LogP contribution >= 0.6 is 23.1 Å². The minimum absolute atomic E-state index is 0.0466. The van der Waals surface area contributed by atoms with Gasteiger partial charge in [-0.15, -0.1) is 23.1 Å². The summed E-state index contributed by atoms with van der Waals surface area (Å²) in [5.74, 6) is -3.31. The Labute approximate surface area is 195 Å². The van der Waals surface area contributed by atoms with Gasteiger partial charge in [0.25, 0.3) is 11.8 Å². The Morgan fingerprint density at radius 3 is 2.64 bits per heavy atom. The molecule has 2 atom stereocenters. The molecule has 2 fully saturated rings. The number of nitrogens with two attached hydrogens (primary N) is 1. The van der Waals surface area contributed by atoms with Gasteiger partial charge in [-0.3, -0.25) is 14.5 Å². The number of fused-ring (bicyclic) bond motifs is 1. The summed E-state index contributed by atoms with van der Waals surface area (Å²) in [7, 11) is 0. The molecule has 12 nitrogen and oxygen atoms in total. The Bertz CT molecular complexity index is 1090. The number of carbonyl (C=O) groups is 4. The van der Waals surface area contributed by atoms with Crippen LogP contribution in [0, 0.1) is 0 Å². The Balaban J connectivity index is 1.55. The largest absolute Gasteiger partial charge is 0.478 e. The molecule has 14 heteroatoms. The van der Waals surface area contributed by atoms with Crippen LogP contribution in [0.25, 0.3) is 0 Å². The van der Waals surface area contributed by atoms with Gasteiger partial charge in [0, 0.05) is 24.0 Å². The number of anilines is 1. The highest BCUT2D eigenvalue weighted by Crippen LogP contribution is 2.41. The fraction of sp³-hybridized carbons (Fsp3) is 0.474. The highest BCUT2D eigenvalue weighted by atomic mass is 32.2. The second-order valence-corrected chi connectivity index (χ2v) is 9.72. The second-order valence-electron chi connectivity index (χ2n) is 7.73. The summed E-state index contributed by atoms with van der Waals surface area (Å²) in [5, 5.41) is 26.4. The van der Waals surface area contributed by atoms with Gasteiger partial charge in [0.1, 0.15) is 22.8 Å². The maximum atomic E-state index is 13.1. The fourth-order valence-corrected chi connectivity index (χ4v) is 5.74. The first-order valence-electron chi connectivity index (χ1n) is 10.1. The molecular formula is C19H21N5O7S2. The van der Waals surface area contributed by atoms with Crippen molar-refractivity contribution in [3.8, 4) is 0 Å². The third-order valence-corrected chi connectivity index (χ3v) is 7.82. The average molecular weight is 496 g/mol. The molecule has 0 aromatic carbocycles. The summed E-state index contributed by atoms with van der Waals surface area (Å²) in [6.45, 7) is 1.82. The van der Waals surface area contributed by atoms with E-state index in [0.29, 0.717) is 24.2 Å². The van der Waals surface area contributed by atoms with Crippen molar-refractivity contribution in [3.63, 3.8) is 0 Å². The molecule has 2 aliphatic heterocycles. The van der Waals surface area contributed by atoms with Gasteiger partial charge >= 0.3 is 11.9 Å². The summed E-state index contributed by atoms with van der Waals surface area (Å²) in [6, 6.07) is -0.978. The molecular weight excluding hydrogens is 474 g/mol. The number of thioether (sulfide) groups is 1. The molecule has 5 N–H and O–H groups in total. The standard InChI is InChI=1S/C19H21N5O7S2/c1-2-8-6-32-15-11(14(26)24(15)12(8)16(27)28)22-13(25)10(9-7-33-18(20)21-9)23-31-19(17(29)30)4-3-5-19/h7,11,15H,2-6H2,1H3,(H2,20,21)(H,22,25)(H,27,28)(H,29,30)/b23-10-/t11-,15-/m1/s1. The number of aliphatic carboxylic acids is 2. The zero-order valence-electron chi connectivity index (χ0n) is 17.4. The number of nitrogen functional groups attached to an aromatic ring is 1. The molecule has 1 aromatic rings. The Morgan fingerprint density at radius 1 is 1.39 bits per heavy atom. The van der Waals surface area contributed by atoms with E-state index in [-0.39, 0.29) is 35.1 Å². The van der Waals surface area contributed by atoms with Crippen LogP contribution in [0.3, 0.4) is 0 Å². The second kappa shape index (κ2) is 8.67. The fourth-order valence-electron chi connectivity index (χ4n) is 3.74. The van der Waals surface area contributed by atoms with Crippen LogP contribution in [0.1, 0.15) is 38.3 Å². The zero-order valence-corrected chi connectivity index (χ0v) is 19.1. The van der Waals surface area contributed by atoms with Crippen LogP contribution in [0.5, 0.6) is 0 Å². The number of aromatic nitrogens is 1. The summed E-state index contributed by atoms with van der Waals surface area (Å²) >= 11 is 2.41. The van der Waals surface area contributed by atoms with E-state index in [0.717, 1.165) is 11.3 Å². The lowest BCUT2D eigenvalue weighted by atomic mass is 9.80. The Morgan fingerprint density at radius 2 is 2.12 bits per heavy atom. The number of oxime groups is 1. The monoisotopic (exact) mass is 495 g/mol. The lowest BCUT2D eigenvalue weighted by Crippen LogP contribution is -2.71. The number of carbonyl (C=O) groups excluding carboxylic acids is 2. The van der Waals surface area contributed by atoms with Gasteiger partial charge in [0.15, 0.2) is 10.8 Å². The van der Waals surface area contributed by atoms with Crippen molar-refractivity contribution < 1.29 is 34.2 Å². The SMILES string of the molecule is CCC1=C(C(=O)O)N2C(=O)[C@@H](NC(=O)/C(=N\OC3(C(=O)O)CCC3)c3csc(N)n3)[C@H]2SC1. The number of nitrogens with zero attached hydrogens (tertiary/aromatic N) is 3. The van der Waals surface area contributed by atoms with E-state index < -0.39 is 40.8 Å². The van der Waals surface area contributed by atoms with Crippen molar-refractivity contribution in [3.05, 3.63) is 22.3 Å². The first-order valence-corrected chi connectivity index (χ1v) is 12.0. The van der Waals surface area contributed by atoms with Crippen molar-refractivity contribution in [1.29, 1.82) is 0 Å². The first kappa shape index (κ1) is 23.0. The smallest absolute Gasteiger partial charge is 0.352 e. The van der Waals surface area contributed by atoms with Crippen LogP contribution in [-0.4, -0.2) is 72.3 Å². The normalized spacial score (nSPS) is 23.8. The third kappa shape index (κ3) is 3.93. The summed E-state index contributed by atoms with van der Waals surface area (Å²) in [6.07, 6.45) is 1.64. The van der Waals surface area contributed by atoms with Gasteiger partial charge in [-0.05, 0) is 18.4 Å². The predicted molar refractivity (Wildman–Crippen MR) is 118 cm³/mol. The third-order valence-electron chi connectivity index (χ3n) is 5.81. The molecule has 1 saturated heterocycles. The van der Waals surface area contributed by atoms with Crippen LogP contribution in [-0.2, 0) is 24.0 Å². The molecule has 2 amide bonds. The number of carboxylic acids is 2. The number of β-lactam (4-membered cyclic amide) rings is 1. The van der Waals surface area contributed by atoms with Crippen molar-refractivity contribution in [1.82, 2.24) is 15.2 Å². The van der Waals surface area contributed by atoms with E-state index in [1.807, 2.05) is 6.92 Å². The lowest BCUT2D eigenvalue weighted by molar-refractivity contribution is -0.178. The highest BCUT2D eigenvalue weighted by molar-refractivity contribution is 8.00. The molecule has 3 aliphatic rings. The summed E-state index contributed by atoms with van der Waals surface area (Å²) in [5.41, 5.74) is 4.52. The van der Waals surface area contributed by atoms with Crippen LogP contribution in [0.2, 0.25) is 0 Å². The maximum Gasteiger partial charge on any atom is 0.352 e. The number of carboxylic acid groups (broad SMARTS) is 2. The van der Waals surface area contributed by atoms with E-state index in [9.17, 15) is 29.4 Å². The Hall–Kier alpha value is -3.13. The average Bonchev–Trinajstić information content (AvgIpc) is 3.17. The number of amides is 2. The van der Waals surface area contributed by atoms with Crippen molar-refractivity contribution in [2.24, 2.45) is 5.16 Å². The van der Waals surface area contributed by atoms with Crippen molar-refractivity contribution in [2.45, 2.75) is 49.6 Å². The summed E-state index contributed by atoms with van der Waals surface area (Å²) in [4.78, 5) is 59.6. The van der Waals surface area contributed by atoms with Gasteiger partial charge in [-0.25, -0.2) is 14.6 Å². The number of thiazole rings is 1. The van der Waals surface area contributed by atoms with Crippen molar-refractivity contribution >= 4 is 57.7 Å². The van der Waals surface area contributed by atoms with Gasteiger partial charge in [0.05, 0.1) is 0 Å². The molecule has 0 bridgehead atoms. The van der Waals surface area contributed by atoms with Crippen LogP contribution in [0.15, 0.2) is 21.8 Å². The number of hydrogen-bond donors (Lipinski definition) is 4. The molecule has 1 aliphatic carbocycles. The molecule has 4 rings (SSSR count). The number of rotatable bonds is 8. The highest BCUT2D eigenvalue weighted by Gasteiger charge is 2.54. The predicted octanol–water partition coefficient (Wildman–Crippen LogP) is 0.602. The minimum atomic E-state index is -1.51. The van der Waals surface area contributed by atoms with E-state index >= 15 is 0 Å². The molecule has 0 spiro atoms. The van der Waals surface area contributed by atoms with E-state index in [1.54, 1.807) is 0 Å². The molecule has 1 saturated carbocycles. The van der Waals surface area contributed by atoms with Crippen LogP contribution < -0.4 is 11.1 Å². The van der Waals surface area contributed by atoms with Gasteiger partial charge in [-0.1, -0.05) is 12.1 Å². The molecule has 1 aromatic heterocycles.